The normalized spacial score (nSPS) is 14.2. The lowest BCUT2D eigenvalue weighted by molar-refractivity contribution is -0.112. The molecule has 0 amide bonds. The van der Waals surface area contributed by atoms with Crippen molar-refractivity contribution in [1.82, 2.24) is 0 Å². The first-order chi connectivity index (χ1) is 8.15. The first-order valence-electron chi connectivity index (χ1n) is 5.39. The molecule has 1 heterocycles. The van der Waals surface area contributed by atoms with Crippen molar-refractivity contribution in [2.75, 3.05) is 0 Å². The predicted molar refractivity (Wildman–Crippen MR) is 72.9 cm³/mol. The highest BCUT2D eigenvalue weighted by Gasteiger charge is 2.28. The van der Waals surface area contributed by atoms with Crippen LogP contribution in [0.5, 0.6) is 0 Å². The third-order valence-corrected chi connectivity index (χ3v) is 4.08. The van der Waals surface area contributed by atoms with E-state index in [0.717, 1.165) is 11.8 Å². The van der Waals surface area contributed by atoms with E-state index < -0.39 is 5.41 Å². The Morgan fingerprint density at radius 3 is 2.65 bits per heavy atom. The third kappa shape index (κ3) is 2.59. The molecule has 0 aliphatic carbocycles. The summed E-state index contributed by atoms with van der Waals surface area (Å²) in [5.74, 6) is 0. The molecule has 1 unspecified atom stereocenters. The fourth-order valence-electron chi connectivity index (χ4n) is 1.90. The summed E-state index contributed by atoms with van der Waals surface area (Å²) in [5.41, 5.74) is 0.341. The van der Waals surface area contributed by atoms with Gasteiger partial charge in [-0.05, 0) is 36.4 Å². The molecule has 0 spiro atoms. The lowest BCUT2D eigenvalue weighted by Crippen LogP contribution is -2.26. The average molecular weight is 265 g/mol. The van der Waals surface area contributed by atoms with E-state index in [1.807, 2.05) is 48.7 Å². The summed E-state index contributed by atoms with van der Waals surface area (Å²) in [6.07, 6.45) is 1.69. The van der Waals surface area contributed by atoms with Crippen LogP contribution in [-0.2, 0) is 16.6 Å². The number of benzene rings is 1. The molecule has 17 heavy (non-hydrogen) atoms. The van der Waals surface area contributed by atoms with E-state index in [1.54, 1.807) is 11.3 Å². The van der Waals surface area contributed by atoms with Crippen LogP contribution in [0, 0.1) is 0 Å². The smallest absolute Gasteiger partial charge is 0.130 e. The number of carbonyl (C=O) groups is 1. The molecule has 1 atom stereocenters. The molecule has 0 saturated carbocycles. The minimum Gasteiger partial charge on any atom is -0.302 e. The summed E-state index contributed by atoms with van der Waals surface area (Å²) in [7, 11) is 0. The third-order valence-electron chi connectivity index (χ3n) is 2.87. The van der Waals surface area contributed by atoms with E-state index in [-0.39, 0.29) is 0 Å². The molecule has 1 aromatic carbocycles. The lowest BCUT2D eigenvalue weighted by atomic mass is 9.80. The van der Waals surface area contributed by atoms with E-state index in [1.165, 1.54) is 4.88 Å². The number of halogens is 1. The Morgan fingerprint density at radius 1 is 1.29 bits per heavy atom. The second kappa shape index (κ2) is 5.03. The van der Waals surface area contributed by atoms with Crippen molar-refractivity contribution in [3.8, 4) is 0 Å². The number of hydrogen-bond acceptors (Lipinski definition) is 2. The monoisotopic (exact) mass is 264 g/mol. The van der Waals surface area contributed by atoms with Gasteiger partial charge in [0.1, 0.15) is 6.29 Å². The van der Waals surface area contributed by atoms with Gasteiger partial charge in [0.2, 0.25) is 0 Å². The summed E-state index contributed by atoms with van der Waals surface area (Å²) in [6, 6.07) is 11.6. The molecule has 2 aromatic rings. The number of rotatable bonds is 4. The Labute approximate surface area is 110 Å². The molecule has 1 nitrogen and oxygen atoms in total. The summed E-state index contributed by atoms with van der Waals surface area (Å²) in [5, 5.41) is 2.67. The largest absolute Gasteiger partial charge is 0.302 e. The molecule has 88 valence electrons. The van der Waals surface area contributed by atoms with Crippen molar-refractivity contribution in [1.29, 1.82) is 0 Å². The molecule has 0 radical (unpaired) electrons. The fraction of sp³-hybridized carbons (Fsp3) is 0.214. The number of aldehydes is 1. The zero-order valence-corrected chi connectivity index (χ0v) is 11.1. The van der Waals surface area contributed by atoms with Gasteiger partial charge in [-0.25, -0.2) is 0 Å². The Hall–Kier alpha value is -1.12. The summed E-state index contributed by atoms with van der Waals surface area (Å²) >= 11 is 7.84. The highest BCUT2D eigenvalue weighted by molar-refractivity contribution is 7.09. The van der Waals surface area contributed by atoms with Gasteiger partial charge >= 0.3 is 0 Å². The van der Waals surface area contributed by atoms with Crippen LogP contribution in [0.2, 0.25) is 5.02 Å². The van der Waals surface area contributed by atoms with Gasteiger partial charge in [-0.2, -0.15) is 0 Å². The van der Waals surface area contributed by atoms with Gasteiger partial charge in [0.05, 0.1) is 5.41 Å². The standard InChI is InChI=1S/C14H13ClOS/c1-14(10-16,9-11-5-4-8-17-11)12-6-2-3-7-13(12)15/h2-8,10H,9H2,1H3. The molecule has 1 aromatic heterocycles. The van der Waals surface area contributed by atoms with Crippen LogP contribution in [-0.4, -0.2) is 6.29 Å². The molecule has 0 fully saturated rings. The van der Waals surface area contributed by atoms with Crippen molar-refractivity contribution < 1.29 is 4.79 Å². The topological polar surface area (TPSA) is 17.1 Å². The van der Waals surface area contributed by atoms with E-state index in [4.69, 9.17) is 11.6 Å². The van der Waals surface area contributed by atoms with Crippen molar-refractivity contribution in [3.63, 3.8) is 0 Å². The maximum Gasteiger partial charge on any atom is 0.130 e. The maximum atomic E-state index is 11.5. The van der Waals surface area contributed by atoms with Gasteiger partial charge < -0.3 is 4.79 Å². The van der Waals surface area contributed by atoms with Crippen LogP contribution >= 0.6 is 22.9 Å². The maximum absolute atomic E-state index is 11.5. The Balaban J connectivity index is 2.37. The molecule has 0 aliphatic rings. The van der Waals surface area contributed by atoms with Gasteiger partial charge in [-0.1, -0.05) is 35.9 Å². The minimum absolute atomic E-state index is 0.552. The van der Waals surface area contributed by atoms with Crippen molar-refractivity contribution >= 4 is 29.2 Å². The molecule has 0 N–H and O–H groups in total. The van der Waals surface area contributed by atoms with Crippen molar-refractivity contribution in [2.24, 2.45) is 0 Å². The zero-order valence-electron chi connectivity index (χ0n) is 9.52. The van der Waals surface area contributed by atoms with Crippen LogP contribution in [0.4, 0.5) is 0 Å². The Bertz CT molecular complexity index is 507. The van der Waals surface area contributed by atoms with E-state index in [9.17, 15) is 4.79 Å². The number of hydrogen-bond donors (Lipinski definition) is 0. The minimum atomic E-state index is -0.552. The summed E-state index contributed by atoms with van der Waals surface area (Å²) in [4.78, 5) is 12.6. The Kier molecular flexibility index (Phi) is 3.65. The number of carbonyl (C=O) groups excluding carboxylic acids is 1. The van der Waals surface area contributed by atoms with Gasteiger partial charge in [-0.3, -0.25) is 0 Å². The van der Waals surface area contributed by atoms with Gasteiger partial charge in [0.25, 0.3) is 0 Å². The Morgan fingerprint density at radius 2 is 2.06 bits per heavy atom. The molecule has 3 heteroatoms. The predicted octanol–water partition coefficient (Wildman–Crippen LogP) is 4.10. The molecule has 0 bridgehead atoms. The molecule has 0 saturated heterocycles. The van der Waals surface area contributed by atoms with Crippen LogP contribution in [0.1, 0.15) is 17.4 Å². The zero-order chi connectivity index (χ0) is 12.3. The van der Waals surface area contributed by atoms with E-state index in [2.05, 4.69) is 0 Å². The molecule has 2 rings (SSSR count). The van der Waals surface area contributed by atoms with Crippen LogP contribution in [0.3, 0.4) is 0 Å². The fourth-order valence-corrected chi connectivity index (χ4v) is 3.12. The number of thiophene rings is 1. The molecular weight excluding hydrogens is 252 g/mol. The second-order valence-corrected chi connectivity index (χ2v) is 5.71. The first kappa shape index (κ1) is 12.3. The van der Waals surface area contributed by atoms with Crippen molar-refractivity contribution in [2.45, 2.75) is 18.8 Å². The first-order valence-corrected chi connectivity index (χ1v) is 6.65. The van der Waals surface area contributed by atoms with Gasteiger partial charge in [0, 0.05) is 9.90 Å². The van der Waals surface area contributed by atoms with Crippen molar-refractivity contribution in [3.05, 3.63) is 57.2 Å². The van der Waals surface area contributed by atoms with E-state index >= 15 is 0 Å². The van der Waals surface area contributed by atoms with Crippen LogP contribution in [0.15, 0.2) is 41.8 Å². The van der Waals surface area contributed by atoms with Gasteiger partial charge in [-0.15, -0.1) is 11.3 Å². The highest BCUT2D eigenvalue weighted by Crippen LogP contribution is 2.32. The van der Waals surface area contributed by atoms with Crippen LogP contribution in [0.25, 0.3) is 0 Å². The lowest BCUT2D eigenvalue weighted by Gasteiger charge is -2.24. The second-order valence-electron chi connectivity index (χ2n) is 4.27. The quantitative estimate of drug-likeness (QED) is 0.760. The highest BCUT2D eigenvalue weighted by atomic mass is 35.5. The molecule has 0 aliphatic heterocycles. The van der Waals surface area contributed by atoms with Crippen LogP contribution < -0.4 is 0 Å². The SMILES string of the molecule is CC(C=O)(Cc1cccs1)c1ccccc1Cl. The van der Waals surface area contributed by atoms with E-state index in [0.29, 0.717) is 11.4 Å². The molecular formula is C14H13ClOS. The van der Waals surface area contributed by atoms with Gasteiger partial charge in [0.15, 0.2) is 0 Å². The average Bonchev–Trinajstić information content (AvgIpc) is 2.82. The summed E-state index contributed by atoms with van der Waals surface area (Å²) < 4.78 is 0. The summed E-state index contributed by atoms with van der Waals surface area (Å²) in [6.45, 7) is 1.93.